The molecule has 0 unspecified atom stereocenters. The third-order valence-electron chi connectivity index (χ3n) is 4.79. The molecule has 1 aromatic carbocycles. The van der Waals surface area contributed by atoms with Crippen LogP contribution < -0.4 is 15.5 Å². The van der Waals surface area contributed by atoms with E-state index < -0.39 is 17.1 Å². The van der Waals surface area contributed by atoms with Crippen molar-refractivity contribution in [2.45, 2.75) is 6.92 Å². The molecule has 1 fully saturated rings. The van der Waals surface area contributed by atoms with Gasteiger partial charge in [-0.25, -0.2) is 0 Å². The molecule has 0 atom stereocenters. The van der Waals surface area contributed by atoms with Gasteiger partial charge in [-0.1, -0.05) is 0 Å². The largest absolute Gasteiger partial charge is 0.504 e. The van der Waals surface area contributed by atoms with Crippen molar-refractivity contribution in [1.29, 1.82) is 0 Å². The van der Waals surface area contributed by atoms with E-state index >= 15 is 0 Å². The first-order valence-electron chi connectivity index (χ1n) is 9.38. The molecule has 2 N–H and O–H groups in total. The number of carbonyl (C=O) groups excluding carboxylic acids is 2. The molecule has 2 aromatic rings. The average molecular weight is 414 g/mol. The number of ether oxygens (including phenoxy) is 2. The van der Waals surface area contributed by atoms with Gasteiger partial charge in [0, 0.05) is 32.1 Å². The van der Waals surface area contributed by atoms with E-state index in [1.54, 1.807) is 0 Å². The van der Waals surface area contributed by atoms with Crippen LogP contribution in [0.3, 0.4) is 0 Å². The summed E-state index contributed by atoms with van der Waals surface area (Å²) >= 11 is 0. The van der Waals surface area contributed by atoms with E-state index in [0.717, 1.165) is 13.1 Å². The molecular formula is C21H22N2O7. The number of methoxy groups -OCH3 is 1. The van der Waals surface area contributed by atoms with Crippen LogP contribution >= 0.6 is 0 Å². The Bertz CT molecular complexity index is 1090. The fraction of sp³-hybridized carbons (Fsp3) is 0.381. The zero-order valence-electron chi connectivity index (χ0n) is 16.7. The van der Waals surface area contributed by atoms with Crippen molar-refractivity contribution in [3.05, 3.63) is 33.2 Å². The minimum absolute atomic E-state index is 0.00424. The van der Waals surface area contributed by atoms with Gasteiger partial charge >= 0.3 is 0 Å². The van der Waals surface area contributed by atoms with Crippen LogP contribution in [0.25, 0.3) is 11.0 Å². The number of carbonyl (C=O) groups is 2. The minimum atomic E-state index is -0.524. The van der Waals surface area contributed by atoms with Crippen LogP contribution in [0.5, 0.6) is 11.5 Å². The molecule has 3 rings (SSSR count). The number of rotatable bonds is 5. The Hall–Kier alpha value is -3.35. The molecule has 0 radical (unpaired) electrons. The number of amides is 1. The first kappa shape index (κ1) is 21.4. The van der Waals surface area contributed by atoms with Crippen molar-refractivity contribution in [3.63, 3.8) is 0 Å². The normalized spacial score (nSPS) is 14.1. The summed E-state index contributed by atoms with van der Waals surface area (Å²) in [4.78, 5) is 38.4. The number of hydrogen-bond acceptors (Lipinski definition) is 8. The fourth-order valence-electron chi connectivity index (χ4n) is 3.15. The molecule has 1 saturated heterocycles. The monoisotopic (exact) mass is 414 g/mol. The number of morpholine rings is 1. The number of phenols is 1. The molecule has 1 amide bonds. The number of aromatic hydroxyl groups is 1. The summed E-state index contributed by atoms with van der Waals surface area (Å²) in [5, 5.41) is 12.8. The van der Waals surface area contributed by atoms with Crippen LogP contribution in [0.4, 0.5) is 0 Å². The molecule has 0 saturated carbocycles. The van der Waals surface area contributed by atoms with Gasteiger partial charge in [0.2, 0.25) is 5.43 Å². The zero-order chi connectivity index (χ0) is 21.7. The molecule has 9 nitrogen and oxygen atoms in total. The van der Waals surface area contributed by atoms with E-state index in [1.165, 1.54) is 20.1 Å². The predicted octanol–water partition coefficient (Wildman–Crippen LogP) is 0.428. The van der Waals surface area contributed by atoms with Gasteiger partial charge in [0.25, 0.3) is 5.91 Å². The smallest absolute Gasteiger partial charge is 0.296 e. The number of benzene rings is 1. The molecule has 0 bridgehead atoms. The zero-order valence-corrected chi connectivity index (χ0v) is 16.7. The van der Waals surface area contributed by atoms with E-state index in [-0.39, 0.29) is 33.6 Å². The fourth-order valence-corrected chi connectivity index (χ4v) is 3.15. The van der Waals surface area contributed by atoms with Crippen LogP contribution in [-0.4, -0.2) is 68.7 Å². The van der Waals surface area contributed by atoms with Gasteiger partial charge in [-0.15, -0.1) is 0 Å². The van der Waals surface area contributed by atoms with Crippen molar-refractivity contribution in [2.75, 3.05) is 46.5 Å². The second-order valence-corrected chi connectivity index (χ2v) is 6.66. The summed E-state index contributed by atoms with van der Waals surface area (Å²) in [6.07, 6.45) is 0.385. The summed E-state index contributed by atoms with van der Waals surface area (Å²) in [6.45, 7) is 5.61. The number of nitrogens with one attached hydrogen (secondary N) is 1. The van der Waals surface area contributed by atoms with Crippen molar-refractivity contribution in [3.8, 4) is 23.3 Å². The number of fused-ring (bicyclic) bond motifs is 1. The Kier molecular flexibility index (Phi) is 6.72. The Morgan fingerprint density at radius 1 is 1.40 bits per heavy atom. The van der Waals surface area contributed by atoms with Gasteiger partial charge in [-0.05, 0) is 18.9 Å². The highest BCUT2D eigenvalue weighted by molar-refractivity contribution is 5.99. The van der Waals surface area contributed by atoms with Gasteiger partial charge in [-0.2, -0.15) is 0 Å². The van der Waals surface area contributed by atoms with Gasteiger partial charge in [0.05, 0.1) is 25.7 Å². The molecule has 158 valence electrons. The minimum Gasteiger partial charge on any atom is -0.504 e. The number of hydrogen-bond donors (Lipinski definition) is 2. The van der Waals surface area contributed by atoms with Crippen molar-refractivity contribution < 1.29 is 28.6 Å². The predicted molar refractivity (Wildman–Crippen MR) is 108 cm³/mol. The lowest BCUT2D eigenvalue weighted by atomic mass is 10.1. The molecule has 1 aliphatic heterocycles. The molecule has 30 heavy (non-hydrogen) atoms. The average Bonchev–Trinajstić information content (AvgIpc) is 2.74. The van der Waals surface area contributed by atoms with Gasteiger partial charge in [-0.3, -0.25) is 19.3 Å². The Morgan fingerprint density at radius 3 is 2.80 bits per heavy atom. The lowest BCUT2D eigenvalue weighted by Gasteiger charge is -2.26. The summed E-state index contributed by atoms with van der Waals surface area (Å²) < 4.78 is 15.9. The summed E-state index contributed by atoms with van der Waals surface area (Å²) in [6, 6.07) is 1.27. The van der Waals surface area contributed by atoms with Crippen LogP contribution in [0, 0.1) is 18.8 Å². The SMILES string of the molecule is COc1cc2c(=O)c(C#CC(=O)NCCN3CCOCC3)c(C)oc2c(C=O)c1O. The highest BCUT2D eigenvalue weighted by Crippen LogP contribution is 2.35. The van der Waals surface area contributed by atoms with Gasteiger partial charge < -0.3 is 24.3 Å². The van der Waals surface area contributed by atoms with Crippen molar-refractivity contribution in [2.24, 2.45) is 0 Å². The number of aldehydes is 1. The highest BCUT2D eigenvalue weighted by Gasteiger charge is 2.19. The third kappa shape index (κ3) is 4.45. The maximum absolute atomic E-state index is 12.9. The topological polar surface area (TPSA) is 118 Å². The number of aryl methyl sites for hydroxylation is 1. The first-order chi connectivity index (χ1) is 14.5. The molecule has 0 spiro atoms. The second-order valence-electron chi connectivity index (χ2n) is 6.66. The van der Waals surface area contributed by atoms with E-state index in [4.69, 9.17) is 13.9 Å². The summed E-state index contributed by atoms with van der Waals surface area (Å²) in [7, 11) is 1.30. The Morgan fingerprint density at radius 2 is 2.13 bits per heavy atom. The summed E-state index contributed by atoms with van der Waals surface area (Å²) in [5.74, 6) is 4.12. The quantitative estimate of drug-likeness (QED) is 0.534. The lowest BCUT2D eigenvalue weighted by Crippen LogP contribution is -2.41. The number of nitrogens with zero attached hydrogens (tertiary/aromatic N) is 1. The highest BCUT2D eigenvalue weighted by atomic mass is 16.5. The molecule has 0 aliphatic carbocycles. The van der Waals surface area contributed by atoms with Crippen LogP contribution in [0.15, 0.2) is 15.3 Å². The standard InChI is InChI=1S/C21H22N2O7/c1-13-14(3-4-18(25)22-5-6-23-7-9-29-10-8-23)19(26)15-11-17(28-2)20(27)16(12-24)21(15)30-13/h11-12,27H,5-10H2,1-2H3,(H,22,25). The molecular weight excluding hydrogens is 392 g/mol. The molecule has 9 heteroatoms. The number of phenolic OH excluding ortho intramolecular Hbond substituents is 1. The molecule has 2 heterocycles. The van der Waals surface area contributed by atoms with Crippen LogP contribution in [0.1, 0.15) is 21.7 Å². The maximum atomic E-state index is 12.9. The van der Waals surface area contributed by atoms with Gasteiger partial charge in [0.1, 0.15) is 16.9 Å². The van der Waals surface area contributed by atoms with Crippen LogP contribution in [-0.2, 0) is 9.53 Å². The lowest BCUT2D eigenvalue weighted by molar-refractivity contribution is -0.115. The Balaban J connectivity index is 1.83. The molecule has 1 aromatic heterocycles. The first-order valence-corrected chi connectivity index (χ1v) is 9.38. The van der Waals surface area contributed by atoms with E-state index in [1.807, 2.05) is 0 Å². The molecule has 1 aliphatic rings. The van der Waals surface area contributed by atoms with Crippen molar-refractivity contribution in [1.82, 2.24) is 10.2 Å². The van der Waals surface area contributed by atoms with E-state index in [9.17, 15) is 19.5 Å². The maximum Gasteiger partial charge on any atom is 0.296 e. The third-order valence-corrected chi connectivity index (χ3v) is 4.79. The van der Waals surface area contributed by atoms with Gasteiger partial charge in [0.15, 0.2) is 23.4 Å². The summed E-state index contributed by atoms with van der Waals surface area (Å²) in [5.41, 5.74) is -0.782. The van der Waals surface area contributed by atoms with E-state index in [0.29, 0.717) is 32.6 Å². The van der Waals surface area contributed by atoms with E-state index in [2.05, 4.69) is 22.1 Å². The van der Waals surface area contributed by atoms with Crippen molar-refractivity contribution >= 4 is 23.2 Å². The second kappa shape index (κ2) is 9.43. The Labute approximate surface area is 172 Å². The van der Waals surface area contributed by atoms with Crippen LogP contribution in [0.2, 0.25) is 0 Å².